The maximum atomic E-state index is 11.1. The van der Waals surface area contributed by atoms with Gasteiger partial charge in [-0.3, -0.25) is 4.79 Å². The Hall–Kier alpha value is -1.10. The van der Waals surface area contributed by atoms with Gasteiger partial charge in [0, 0.05) is 19.0 Å². The van der Waals surface area contributed by atoms with E-state index in [1.54, 1.807) is 11.3 Å². The Morgan fingerprint density at radius 3 is 2.71 bits per heavy atom. The van der Waals surface area contributed by atoms with Crippen molar-refractivity contribution in [2.75, 3.05) is 25.6 Å². The van der Waals surface area contributed by atoms with E-state index >= 15 is 0 Å². The first-order valence-corrected chi connectivity index (χ1v) is 6.42. The highest BCUT2D eigenvalue weighted by Gasteiger charge is 2.16. The van der Waals surface area contributed by atoms with E-state index in [2.05, 4.69) is 35.4 Å². The molecule has 0 saturated carbocycles. The van der Waals surface area contributed by atoms with Crippen molar-refractivity contribution >= 4 is 22.4 Å². The third-order valence-corrected chi connectivity index (χ3v) is 3.13. The summed E-state index contributed by atoms with van der Waals surface area (Å²) in [7, 11) is 3.41. The molecule has 0 radical (unpaired) electrons. The van der Waals surface area contributed by atoms with Crippen molar-refractivity contribution < 1.29 is 9.53 Å². The Labute approximate surface area is 107 Å². The zero-order chi connectivity index (χ0) is 13.1. The van der Waals surface area contributed by atoms with Crippen LogP contribution in [0.1, 0.15) is 26.5 Å². The van der Waals surface area contributed by atoms with E-state index in [9.17, 15) is 4.79 Å². The van der Waals surface area contributed by atoms with Crippen LogP contribution in [0.3, 0.4) is 0 Å². The molecule has 0 bridgehead atoms. The van der Waals surface area contributed by atoms with Gasteiger partial charge in [-0.15, -0.1) is 11.3 Å². The first-order valence-electron chi connectivity index (χ1n) is 5.54. The van der Waals surface area contributed by atoms with Crippen molar-refractivity contribution in [2.45, 2.75) is 27.2 Å². The summed E-state index contributed by atoms with van der Waals surface area (Å²) in [6, 6.07) is 0. The maximum Gasteiger partial charge on any atom is 0.311 e. The van der Waals surface area contributed by atoms with Gasteiger partial charge in [0.25, 0.3) is 0 Å². The van der Waals surface area contributed by atoms with Crippen LogP contribution in [0, 0.1) is 5.41 Å². The van der Waals surface area contributed by atoms with Gasteiger partial charge in [0.15, 0.2) is 5.13 Å². The summed E-state index contributed by atoms with van der Waals surface area (Å²) in [5.41, 5.74) is 1.00. The molecule has 0 aliphatic heterocycles. The van der Waals surface area contributed by atoms with Crippen molar-refractivity contribution in [2.24, 2.45) is 5.41 Å². The molecule has 0 aromatic carbocycles. The van der Waals surface area contributed by atoms with Gasteiger partial charge >= 0.3 is 5.97 Å². The molecule has 0 fully saturated rings. The molecule has 0 N–H and O–H groups in total. The van der Waals surface area contributed by atoms with E-state index in [0.717, 1.165) is 17.4 Å². The summed E-state index contributed by atoms with van der Waals surface area (Å²) in [4.78, 5) is 17.7. The summed E-state index contributed by atoms with van der Waals surface area (Å²) in [5, 5.41) is 2.85. The van der Waals surface area contributed by atoms with Crippen molar-refractivity contribution in [3.05, 3.63) is 11.1 Å². The molecule has 0 atom stereocenters. The molecule has 1 aromatic rings. The Bertz CT molecular complexity index is 382. The van der Waals surface area contributed by atoms with E-state index in [1.807, 2.05) is 12.4 Å². The molecule has 0 aliphatic rings. The fraction of sp³-hybridized carbons (Fsp3) is 0.667. The SMILES string of the molecule is COC(=O)Cc1csc(N(C)CC(C)(C)C)n1. The summed E-state index contributed by atoms with van der Waals surface area (Å²) >= 11 is 1.56. The smallest absolute Gasteiger partial charge is 0.311 e. The van der Waals surface area contributed by atoms with Crippen LogP contribution in [-0.4, -0.2) is 31.7 Å². The number of ether oxygens (including phenoxy) is 1. The van der Waals surface area contributed by atoms with Gasteiger partial charge in [-0.25, -0.2) is 4.98 Å². The van der Waals surface area contributed by atoms with Gasteiger partial charge < -0.3 is 9.64 Å². The monoisotopic (exact) mass is 256 g/mol. The van der Waals surface area contributed by atoms with Gasteiger partial charge in [0.05, 0.1) is 19.2 Å². The lowest BCUT2D eigenvalue weighted by molar-refractivity contribution is -0.139. The number of anilines is 1. The number of esters is 1. The quantitative estimate of drug-likeness (QED) is 0.775. The molecule has 0 amide bonds. The highest BCUT2D eigenvalue weighted by atomic mass is 32.1. The summed E-state index contributed by atoms with van der Waals surface area (Å²) in [5.74, 6) is -0.250. The normalized spacial score (nSPS) is 11.4. The van der Waals surface area contributed by atoms with Crippen molar-refractivity contribution in [1.29, 1.82) is 0 Å². The molecule has 4 nitrogen and oxygen atoms in total. The summed E-state index contributed by atoms with van der Waals surface area (Å²) in [6.07, 6.45) is 0.246. The molecule has 1 heterocycles. The Kier molecular flexibility index (Phi) is 4.51. The Balaban J connectivity index is 2.64. The van der Waals surface area contributed by atoms with E-state index in [-0.39, 0.29) is 17.8 Å². The predicted molar refractivity (Wildman–Crippen MR) is 70.6 cm³/mol. The number of nitrogens with zero attached hydrogens (tertiary/aromatic N) is 2. The Morgan fingerprint density at radius 1 is 1.53 bits per heavy atom. The standard InChI is InChI=1S/C12H20N2O2S/c1-12(2,3)8-14(4)11-13-9(7-17-11)6-10(15)16-5/h7H,6,8H2,1-5H3. The van der Waals surface area contributed by atoms with Crippen LogP contribution in [0.2, 0.25) is 0 Å². The summed E-state index contributed by atoms with van der Waals surface area (Å²) < 4.78 is 4.62. The molecule has 0 unspecified atom stereocenters. The van der Waals surface area contributed by atoms with Crippen LogP contribution in [0.4, 0.5) is 5.13 Å². The van der Waals surface area contributed by atoms with Crippen LogP contribution >= 0.6 is 11.3 Å². The van der Waals surface area contributed by atoms with Crippen LogP contribution in [0.5, 0.6) is 0 Å². The number of carbonyl (C=O) groups excluding carboxylic acids is 1. The van der Waals surface area contributed by atoms with E-state index in [4.69, 9.17) is 0 Å². The average molecular weight is 256 g/mol. The van der Waals surface area contributed by atoms with Crippen molar-refractivity contribution in [1.82, 2.24) is 4.98 Å². The highest BCUT2D eigenvalue weighted by Crippen LogP contribution is 2.23. The fourth-order valence-corrected chi connectivity index (χ4v) is 2.34. The summed E-state index contributed by atoms with van der Waals surface area (Å²) in [6.45, 7) is 7.49. The number of hydrogen-bond donors (Lipinski definition) is 0. The largest absolute Gasteiger partial charge is 0.469 e. The van der Waals surface area contributed by atoms with Gasteiger partial charge in [-0.2, -0.15) is 0 Å². The predicted octanol–water partition coefficient (Wildman–Crippen LogP) is 2.34. The molecular weight excluding hydrogens is 236 g/mol. The van der Waals surface area contributed by atoms with Crippen molar-refractivity contribution in [3.8, 4) is 0 Å². The third-order valence-electron chi connectivity index (χ3n) is 2.13. The molecule has 0 aliphatic carbocycles. The number of hydrogen-bond acceptors (Lipinski definition) is 5. The number of thiazole rings is 1. The molecule has 1 aromatic heterocycles. The number of carbonyl (C=O) groups is 1. The lowest BCUT2D eigenvalue weighted by atomic mass is 9.96. The molecule has 0 spiro atoms. The van der Waals surface area contributed by atoms with E-state index in [1.165, 1.54) is 7.11 Å². The number of rotatable bonds is 4. The topological polar surface area (TPSA) is 42.4 Å². The maximum absolute atomic E-state index is 11.1. The van der Waals surface area contributed by atoms with E-state index in [0.29, 0.717) is 0 Å². The molecular formula is C12H20N2O2S. The zero-order valence-corrected chi connectivity index (χ0v) is 11.9. The minimum Gasteiger partial charge on any atom is -0.469 e. The van der Waals surface area contributed by atoms with Crippen LogP contribution in [-0.2, 0) is 16.0 Å². The molecule has 1 rings (SSSR count). The van der Waals surface area contributed by atoms with E-state index < -0.39 is 0 Å². The van der Waals surface area contributed by atoms with Gasteiger partial charge in [-0.1, -0.05) is 20.8 Å². The zero-order valence-electron chi connectivity index (χ0n) is 11.1. The second-order valence-electron chi connectivity index (χ2n) is 5.29. The molecule has 0 saturated heterocycles. The van der Waals surface area contributed by atoms with Crippen LogP contribution in [0.25, 0.3) is 0 Å². The molecule has 5 heteroatoms. The minimum absolute atomic E-state index is 0.225. The second kappa shape index (κ2) is 5.49. The van der Waals surface area contributed by atoms with Crippen molar-refractivity contribution in [3.63, 3.8) is 0 Å². The molecule has 17 heavy (non-hydrogen) atoms. The van der Waals surface area contributed by atoms with Crippen LogP contribution < -0.4 is 4.90 Å². The lowest BCUT2D eigenvalue weighted by Crippen LogP contribution is -2.29. The fourth-order valence-electron chi connectivity index (χ4n) is 1.55. The lowest BCUT2D eigenvalue weighted by Gasteiger charge is -2.26. The second-order valence-corrected chi connectivity index (χ2v) is 6.13. The first kappa shape index (κ1) is 14.0. The number of methoxy groups -OCH3 is 1. The third kappa shape index (κ3) is 4.73. The first-order chi connectivity index (χ1) is 7.81. The highest BCUT2D eigenvalue weighted by molar-refractivity contribution is 7.13. The van der Waals surface area contributed by atoms with Gasteiger partial charge in [0.2, 0.25) is 0 Å². The van der Waals surface area contributed by atoms with Crippen LogP contribution in [0.15, 0.2) is 5.38 Å². The molecule has 96 valence electrons. The van der Waals surface area contributed by atoms with Gasteiger partial charge in [-0.05, 0) is 5.41 Å². The minimum atomic E-state index is -0.250. The number of aromatic nitrogens is 1. The van der Waals surface area contributed by atoms with Gasteiger partial charge in [0.1, 0.15) is 0 Å². The Morgan fingerprint density at radius 2 is 2.18 bits per heavy atom. The average Bonchev–Trinajstić information content (AvgIpc) is 2.63.